The first-order valence-corrected chi connectivity index (χ1v) is 7.59. The van der Waals surface area contributed by atoms with Crippen molar-refractivity contribution >= 4 is 60.4 Å². The van der Waals surface area contributed by atoms with Gasteiger partial charge in [-0.05, 0) is 64.8 Å². The maximum Gasteiger partial charge on any atom is 0.104 e. The number of aryl methyl sites for hydroxylation is 1. The average molecular weight is 400 g/mol. The normalized spacial score (nSPS) is 10.3. The van der Waals surface area contributed by atoms with Gasteiger partial charge in [0.15, 0.2) is 0 Å². The largest absolute Gasteiger partial charge is 0.389 e. The summed E-state index contributed by atoms with van der Waals surface area (Å²) in [6.07, 6.45) is 0. The zero-order valence-corrected chi connectivity index (χ0v) is 14.2. The van der Waals surface area contributed by atoms with Gasteiger partial charge in [-0.25, -0.2) is 0 Å². The van der Waals surface area contributed by atoms with Crippen molar-refractivity contribution in [2.45, 2.75) is 6.92 Å². The number of hydrogen-bond acceptors (Lipinski definition) is 2. The van der Waals surface area contributed by atoms with Gasteiger partial charge in [0.05, 0.1) is 5.69 Å². The molecule has 0 aliphatic rings. The second kappa shape index (κ2) is 6.03. The van der Waals surface area contributed by atoms with Gasteiger partial charge >= 0.3 is 0 Å². The van der Waals surface area contributed by atoms with Gasteiger partial charge in [0, 0.05) is 20.2 Å². The standard InChI is InChI=1S/C14H12Br2N2S/c1-8-6-10(3-4-11(8)14(17)19)18-13-5-2-9(15)7-12(13)16/h2-7,18H,1H3,(H2,17,19). The lowest BCUT2D eigenvalue weighted by atomic mass is 10.1. The van der Waals surface area contributed by atoms with Gasteiger partial charge in [0.2, 0.25) is 0 Å². The number of thiocarbonyl (C=S) groups is 1. The molecule has 0 radical (unpaired) electrons. The van der Waals surface area contributed by atoms with Crippen molar-refractivity contribution in [2.24, 2.45) is 5.73 Å². The molecule has 0 heterocycles. The lowest BCUT2D eigenvalue weighted by Gasteiger charge is -2.11. The first kappa shape index (κ1) is 14.5. The van der Waals surface area contributed by atoms with Gasteiger partial charge in [-0.1, -0.05) is 28.1 Å². The average Bonchev–Trinajstić information content (AvgIpc) is 2.32. The molecule has 2 aromatic rings. The van der Waals surface area contributed by atoms with E-state index in [2.05, 4.69) is 37.2 Å². The van der Waals surface area contributed by atoms with E-state index in [1.165, 1.54) is 0 Å². The van der Waals surface area contributed by atoms with E-state index < -0.39 is 0 Å². The van der Waals surface area contributed by atoms with E-state index in [1.807, 2.05) is 43.3 Å². The minimum atomic E-state index is 0.425. The van der Waals surface area contributed by atoms with E-state index >= 15 is 0 Å². The van der Waals surface area contributed by atoms with Crippen molar-refractivity contribution in [1.29, 1.82) is 0 Å². The van der Waals surface area contributed by atoms with Crippen LogP contribution in [0.3, 0.4) is 0 Å². The molecule has 0 aliphatic heterocycles. The van der Waals surface area contributed by atoms with E-state index in [0.29, 0.717) is 4.99 Å². The van der Waals surface area contributed by atoms with E-state index in [4.69, 9.17) is 18.0 Å². The first-order chi connectivity index (χ1) is 8.97. The Labute approximate surface area is 134 Å². The molecule has 0 aromatic heterocycles. The third kappa shape index (κ3) is 3.55. The predicted octanol–water partition coefficient (Wildman–Crippen LogP) is 4.90. The fourth-order valence-electron chi connectivity index (χ4n) is 1.76. The van der Waals surface area contributed by atoms with Crippen LogP contribution in [-0.2, 0) is 0 Å². The monoisotopic (exact) mass is 398 g/mol. The molecule has 0 saturated heterocycles. The quantitative estimate of drug-likeness (QED) is 0.721. The molecule has 5 heteroatoms. The Morgan fingerprint density at radius 1 is 1.16 bits per heavy atom. The molecule has 0 aliphatic carbocycles. The highest BCUT2D eigenvalue weighted by Gasteiger charge is 2.05. The Balaban J connectivity index is 2.29. The number of benzene rings is 2. The third-order valence-electron chi connectivity index (χ3n) is 2.70. The van der Waals surface area contributed by atoms with E-state index in [1.54, 1.807) is 0 Å². The zero-order valence-electron chi connectivity index (χ0n) is 10.2. The summed E-state index contributed by atoms with van der Waals surface area (Å²) in [6.45, 7) is 2.00. The number of nitrogens with two attached hydrogens (primary N) is 1. The fraction of sp³-hybridized carbons (Fsp3) is 0.0714. The predicted molar refractivity (Wildman–Crippen MR) is 92.2 cm³/mol. The Hall–Kier alpha value is -0.910. The molecule has 0 amide bonds. The van der Waals surface area contributed by atoms with Crippen molar-refractivity contribution in [3.63, 3.8) is 0 Å². The Morgan fingerprint density at radius 3 is 2.47 bits per heavy atom. The van der Waals surface area contributed by atoms with Crippen molar-refractivity contribution in [3.8, 4) is 0 Å². The second-order valence-corrected chi connectivity index (χ2v) is 6.35. The van der Waals surface area contributed by atoms with E-state index in [0.717, 1.165) is 31.4 Å². The zero-order chi connectivity index (χ0) is 14.0. The fourth-order valence-corrected chi connectivity index (χ4v) is 3.14. The molecule has 98 valence electrons. The lowest BCUT2D eigenvalue weighted by molar-refractivity contribution is 1.41. The van der Waals surface area contributed by atoms with Crippen LogP contribution in [0.15, 0.2) is 45.3 Å². The molecule has 0 saturated carbocycles. The summed E-state index contributed by atoms with van der Waals surface area (Å²) in [5, 5.41) is 3.35. The van der Waals surface area contributed by atoms with E-state index in [9.17, 15) is 0 Å². The first-order valence-electron chi connectivity index (χ1n) is 5.60. The smallest absolute Gasteiger partial charge is 0.104 e. The molecule has 2 aromatic carbocycles. The number of nitrogens with one attached hydrogen (secondary N) is 1. The van der Waals surface area contributed by atoms with Crippen LogP contribution in [-0.4, -0.2) is 4.99 Å². The van der Waals surface area contributed by atoms with Crippen molar-refractivity contribution < 1.29 is 0 Å². The summed E-state index contributed by atoms with van der Waals surface area (Å²) in [5.41, 5.74) is 9.64. The maximum atomic E-state index is 5.66. The minimum absolute atomic E-state index is 0.425. The lowest BCUT2D eigenvalue weighted by Crippen LogP contribution is -2.11. The van der Waals surface area contributed by atoms with Gasteiger partial charge < -0.3 is 11.1 Å². The highest BCUT2D eigenvalue weighted by molar-refractivity contribution is 9.11. The SMILES string of the molecule is Cc1cc(Nc2ccc(Br)cc2Br)ccc1C(N)=S. The molecular formula is C14H12Br2N2S. The van der Waals surface area contributed by atoms with Crippen LogP contribution in [0.25, 0.3) is 0 Å². The van der Waals surface area contributed by atoms with Crippen LogP contribution in [0, 0.1) is 6.92 Å². The van der Waals surface area contributed by atoms with Gasteiger partial charge in [-0.15, -0.1) is 0 Å². The summed E-state index contributed by atoms with van der Waals surface area (Å²) in [4.78, 5) is 0.425. The van der Waals surface area contributed by atoms with E-state index in [-0.39, 0.29) is 0 Å². The molecule has 2 rings (SSSR count). The topological polar surface area (TPSA) is 38.0 Å². The Bertz CT molecular complexity index is 641. The molecule has 0 unspecified atom stereocenters. The van der Waals surface area contributed by atoms with Crippen LogP contribution >= 0.6 is 44.1 Å². The number of rotatable bonds is 3. The molecule has 2 nitrogen and oxygen atoms in total. The van der Waals surface area contributed by atoms with Crippen LogP contribution in [0.2, 0.25) is 0 Å². The van der Waals surface area contributed by atoms with Crippen molar-refractivity contribution in [1.82, 2.24) is 0 Å². The van der Waals surface area contributed by atoms with Crippen LogP contribution in [0.4, 0.5) is 11.4 Å². The van der Waals surface area contributed by atoms with Gasteiger partial charge in [-0.2, -0.15) is 0 Å². The van der Waals surface area contributed by atoms with Crippen molar-refractivity contribution in [2.75, 3.05) is 5.32 Å². The highest BCUT2D eigenvalue weighted by Crippen LogP contribution is 2.29. The van der Waals surface area contributed by atoms with Gasteiger partial charge in [-0.3, -0.25) is 0 Å². The summed E-state index contributed by atoms with van der Waals surface area (Å²) in [7, 11) is 0. The molecule has 3 N–H and O–H groups in total. The molecule has 0 atom stereocenters. The molecular weight excluding hydrogens is 388 g/mol. The maximum absolute atomic E-state index is 5.66. The second-order valence-electron chi connectivity index (χ2n) is 4.14. The summed E-state index contributed by atoms with van der Waals surface area (Å²) < 4.78 is 2.03. The molecule has 0 bridgehead atoms. The van der Waals surface area contributed by atoms with Crippen LogP contribution in [0.1, 0.15) is 11.1 Å². The third-order valence-corrected chi connectivity index (χ3v) is 4.07. The summed E-state index contributed by atoms with van der Waals surface area (Å²) in [5.74, 6) is 0. The van der Waals surface area contributed by atoms with Gasteiger partial charge in [0.1, 0.15) is 4.99 Å². The number of halogens is 2. The molecule has 19 heavy (non-hydrogen) atoms. The summed E-state index contributed by atoms with van der Waals surface area (Å²) >= 11 is 12.0. The summed E-state index contributed by atoms with van der Waals surface area (Å²) in [6, 6.07) is 11.9. The Morgan fingerprint density at radius 2 is 1.89 bits per heavy atom. The number of hydrogen-bond donors (Lipinski definition) is 2. The van der Waals surface area contributed by atoms with Crippen molar-refractivity contribution in [3.05, 3.63) is 56.5 Å². The highest BCUT2D eigenvalue weighted by atomic mass is 79.9. The van der Waals surface area contributed by atoms with Crippen LogP contribution in [0.5, 0.6) is 0 Å². The minimum Gasteiger partial charge on any atom is -0.389 e. The molecule has 0 fully saturated rings. The Kier molecular flexibility index (Phi) is 4.60. The van der Waals surface area contributed by atoms with Crippen LogP contribution < -0.4 is 11.1 Å². The molecule has 0 spiro atoms. The number of anilines is 2. The van der Waals surface area contributed by atoms with Gasteiger partial charge in [0.25, 0.3) is 0 Å².